The molecule has 0 spiro atoms. The van der Waals surface area contributed by atoms with Crippen molar-refractivity contribution in [3.8, 4) is 5.75 Å². The summed E-state index contributed by atoms with van der Waals surface area (Å²) >= 11 is 0. The van der Waals surface area contributed by atoms with Crippen LogP contribution in [0.4, 0.5) is 0 Å². The number of rotatable bonds is 3. The van der Waals surface area contributed by atoms with Crippen LogP contribution in [-0.4, -0.2) is 46.3 Å². The molecule has 2 aliphatic carbocycles. The molecule has 5 rings (SSSR count). The summed E-state index contributed by atoms with van der Waals surface area (Å²) in [6.45, 7) is 1.30. The van der Waals surface area contributed by atoms with Crippen LogP contribution in [0.25, 0.3) is 0 Å². The number of methoxy groups -OCH3 is 1. The number of ether oxygens (including phenoxy) is 1. The van der Waals surface area contributed by atoms with Gasteiger partial charge in [-0.2, -0.15) is 5.10 Å². The number of carbonyl (C=O) groups excluding carboxylic acids is 1. The van der Waals surface area contributed by atoms with Crippen molar-refractivity contribution >= 4 is 5.91 Å². The number of aryl methyl sites for hydroxylation is 1. The topological polar surface area (TPSA) is 78.5 Å². The molecule has 2 aromatic rings. The van der Waals surface area contributed by atoms with Crippen molar-refractivity contribution in [3.63, 3.8) is 0 Å². The minimum absolute atomic E-state index is 0.0193. The molecule has 1 amide bonds. The van der Waals surface area contributed by atoms with Crippen molar-refractivity contribution in [2.24, 2.45) is 11.8 Å². The molecule has 3 aliphatic rings. The molecule has 3 atom stereocenters. The van der Waals surface area contributed by atoms with Gasteiger partial charge in [0.25, 0.3) is 5.91 Å². The predicted octanol–water partition coefficient (Wildman–Crippen LogP) is 2.67. The Morgan fingerprint density at radius 2 is 2.04 bits per heavy atom. The quantitative estimate of drug-likeness (QED) is 0.857. The molecule has 6 heteroatoms. The van der Waals surface area contributed by atoms with Gasteiger partial charge in [-0.15, -0.1) is 0 Å². The van der Waals surface area contributed by atoms with Gasteiger partial charge in [-0.1, -0.05) is 12.1 Å². The third kappa shape index (κ3) is 2.65. The lowest BCUT2D eigenvalue weighted by Crippen LogP contribution is -2.36. The number of aromatic amines is 1. The maximum Gasteiger partial charge on any atom is 0.274 e. The van der Waals surface area contributed by atoms with Gasteiger partial charge in [0, 0.05) is 30.3 Å². The highest BCUT2D eigenvalue weighted by Gasteiger charge is 2.53. The number of aromatic nitrogens is 2. The average molecular weight is 381 g/mol. The first-order chi connectivity index (χ1) is 13.6. The molecular formula is C22H27N3O3. The van der Waals surface area contributed by atoms with Crippen LogP contribution in [0.1, 0.15) is 53.0 Å². The van der Waals surface area contributed by atoms with Crippen molar-refractivity contribution in [1.29, 1.82) is 0 Å². The molecule has 1 aromatic heterocycles. The van der Waals surface area contributed by atoms with Gasteiger partial charge in [-0.05, 0) is 62.1 Å². The fourth-order valence-corrected chi connectivity index (χ4v) is 5.51. The molecule has 28 heavy (non-hydrogen) atoms. The van der Waals surface area contributed by atoms with Crippen molar-refractivity contribution in [2.45, 2.75) is 44.1 Å². The second kappa shape index (κ2) is 6.62. The Kier molecular flexibility index (Phi) is 4.19. The smallest absolute Gasteiger partial charge is 0.274 e. The molecule has 148 valence electrons. The number of amides is 1. The van der Waals surface area contributed by atoms with Crippen LogP contribution in [0.2, 0.25) is 0 Å². The van der Waals surface area contributed by atoms with Gasteiger partial charge in [-0.3, -0.25) is 9.89 Å². The summed E-state index contributed by atoms with van der Waals surface area (Å²) in [6, 6.07) is 7.70. The van der Waals surface area contributed by atoms with Crippen molar-refractivity contribution < 1.29 is 14.6 Å². The fourth-order valence-electron chi connectivity index (χ4n) is 5.51. The Morgan fingerprint density at radius 1 is 1.25 bits per heavy atom. The highest BCUT2D eigenvalue weighted by molar-refractivity contribution is 5.94. The van der Waals surface area contributed by atoms with E-state index in [1.165, 1.54) is 0 Å². The molecule has 1 aliphatic heterocycles. The summed E-state index contributed by atoms with van der Waals surface area (Å²) in [5.41, 5.74) is 2.88. The van der Waals surface area contributed by atoms with E-state index in [1.807, 2.05) is 29.2 Å². The Morgan fingerprint density at radius 3 is 2.82 bits per heavy atom. The molecule has 2 heterocycles. The molecule has 0 radical (unpaired) electrons. The van der Waals surface area contributed by atoms with Crippen molar-refractivity contribution in [2.75, 3.05) is 20.2 Å². The summed E-state index contributed by atoms with van der Waals surface area (Å²) < 4.78 is 5.24. The molecule has 2 N–H and O–H groups in total. The maximum atomic E-state index is 13.2. The summed E-state index contributed by atoms with van der Waals surface area (Å²) in [5, 5.41) is 19.0. The van der Waals surface area contributed by atoms with Crippen LogP contribution < -0.4 is 4.74 Å². The summed E-state index contributed by atoms with van der Waals surface area (Å²) in [4.78, 5) is 15.1. The van der Waals surface area contributed by atoms with E-state index in [2.05, 4.69) is 10.2 Å². The zero-order valence-corrected chi connectivity index (χ0v) is 16.3. The van der Waals surface area contributed by atoms with Crippen LogP contribution in [0, 0.1) is 11.8 Å². The van der Waals surface area contributed by atoms with E-state index >= 15 is 0 Å². The molecular weight excluding hydrogens is 354 g/mol. The summed E-state index contributed by atoms with van der Waals surface area (Å²) in [7, 11) is 1.64. The number of likely N-dealkylation sites (tertiary alicyclic amines) is 1. The SMILES string of the molecule is COc1ccc([C@@]2(O)CC[C@@H]3CN(C(=O)c4n[nH]c5c4CCCC5)C[C@@H]32)cc1. The number of hydrogen-bond donors (Lipinski definition) is 2. The first-order valence-electron chi connectivity index (χ1n) is 10.3. The molecule has 2 fully saturated rings. The highest BCUT2D eigenvalue weighted by atomic mass is 16.5. The Balaban J connectivity index is 1.37. The monoisotopic (exact) mass is 381 g/mol. The Labute approximate surface area is 164 Å². The number of benzene rings is 1. The first kappa shape index (κ1) is 17.7. The summed E-state index contributed by atoms with van der Waals surface area (Å²) in [5.74, 6) is 1.21. The third-order valence-corrected chi connectivity index (χ3v) is 7.09. The van der Waals surface area contributed by atoms with Gasteiger partial charge in [-0.25, -0.2) is 0 Å². The lowest BCUT2D eigenvalue weighted by molar-refractivity contribution is -0.00594. The van der Waals surface area contributed by atoms with E-state index in [4.69, 9.17) is 4.74 Å². The van der Waals surface area contributed by atoms with Crippen LogP contribution in [0.15, 0.2) is 24.3 Å². The minimum Gasteiger partial charge on any atom is -0.497 e. The largest absolute Gasteiger partial charge is 0.497 e. The standard InChI is InChI=1S/C22H27N3O3/c1-28-16-8-6-15(7-9-16)22(27)11-10-14-12-25(13-18(14)22)21(26)20-17-4-2-3-5-19(17)23-24-20/h6-9,14,18,27H,2-5,10-13H2,1H3,(H,23,24)/t14-,18+,22+/m1/s1. The van der Waals surface area contributed by atoms with E-state index in [9.17, 15) is 9.90 Å². The number of nitrogens with zero attached hydrogens (tertiary/aromatic N) is 2. The van der Waals surface area contributed by atoms with Crippen molar-refractivity contribution in [3.05, 3.63) is 46.8 Å². The first-order valence-corrected chi connectivity index (χ1v) is 10.3. The lowest BCUT2D eigenvalue weighted by atomic mass is 9.82. The third-order valence-electron chi connectivity index (χ3n) is 7.09. The van der Waals surface area contributed by atoms with Crippen molar-refractivity contribution in [1.82, 2.24) is 15.1 Å². The van der Waals surface area contributed by atoms with E-state index in [0.717, 1.165) is 61.1 Å². The molecule has 1 saturated heterocycles. The molecule has 1 saturated carbocycles. The van der Waals surface area contributed by atoms with Gasteiger partial charge < -0.3 is 14.7 Å². The van der Waals surface area contributed by atoms with E-state index in [-0.39, 0.29) is 11.8 Å². The van der Waals surface area contributed by atoms with E-state index in [0.29, 0.717) is 24.7 Å². The van der Waals surface area contributed by atoms with E-state index in [1.54, 1.807) is 7.11 Å². The normalized spacial score (nSPS) is 28.9. The van der Waals surface area contributed by atoms with Crippen LogP contribution in [-0.2, 0) is 18.4 Å². The number of nitrogens with one attached hydrogen (secondary N) is 1. The second-order valence-electron chi connectivity index (χ2n) is 8.50. The van der Waals surface area contributed by atoms with Gasteiger partial charge in [0.1, 0.15) is 5.75 Å². The Hall–Kier alpha value is -2.34. The van der Waals surface area contributed by atoms with Gasteiger partial charge in [0.05, 0.1) is 12.7 Å². The van der Waals surface area contributed by atoms with Gasteiger partial charge >= 0.3 is 0 Å². The summed E-state index contributed by atoms with van der Waals surface area (Å²) in [6.07, 6.45) is 5.88. The molecule has 0 bridgehead atoms. The van der Waals surface area contributed by atoms with E-state index < -0.39 is 5.60 Å². The number of carbonyl (C=O) groups is 1. The van der Waals surface area contributed by atoms with Gasteiger partial charge in [0.2, 0.25) is 0 Å². The molecule has 1 aromatic carbocycles. The number of H-pyrrole nitrogens is 1. The lowest BCUT2D eigenvalue weighted by Gasteiger charge is -2.31. The molecule has 0 unspecified atom stereocenters. The predicted molar refractivity (Wildman–Crippen MR) is 104 cm³/mol. The van der Waals surface area contributed by atoms with Crippen LogP contribution in [0.3, 0.4) is 0 Å². The zero-order valence-electron chi connectivity index (χ0n) is 16.3. The maximum absolute atomic E-state index is 13.2. The zero-order chi connectivity index (χ0) is 19.3. The van der Waals surface area contributed by atoms with Crippen LogP contribution in [0.5, 0.6) is 5.75 Å². The van der Waals surface area contributed by atoms with Gasteiger partial charge in [0.15, 0.2) is 5.69 Å². The fraction of sp³-hybridized carbons (Fsp3) is 0.545. The second-order valence-corrected chi connectivity index (χ2v) is 8.50. The average Bonchev–Trinajstić information content (AvgIpc) is 3.43. The minimum atomic E-state index is -0.878. The number of hydrogen-bond acceptors (Lipinski definition) is 4. The molecule has 6 nitrogen and oxygen atoms in total. The number of fused-ring (bicyclic) bond motifs is 2. The number of aliphatic hydroxyl groups is 1. The highest BCUT2D eigenvalue weighted by Crippen LogP contribution is 2.50. The van der Waals surface area contributed by atoms with Crippen LogP contribution >= 0.6 is 0 Å². The Bertz CT molecular complexity index is 891.